The van der Waals surface area contributed by atoms with E-state index in [0.29, 0.717) is 10.6 Å². The van der Waals surface area contributed by atoms with E-state index in [1.54, 1.807) is 47.8 Å². The molecule has 1 aromatic carbocycles. The van der Waals surface area contributed by atoms with E-state index in [-0.39, 0.29) is 0 Å². The van der Waals surface area contributed by atoms with Crippen molar-refractivity contribution < 1.29 is 19.4 Å². The van der Waals surface area contributed by atoms with Crippen LogP contribution >= 0.6 is 11.3 Å². The number of thiophene rings is 1. The lowest BCUT2D eigenvalue weighted by molar-refractivity contribution is -0.148. The maximum Gasteiger partial charge on any atom is 0.331 e. The molecule has 2 aromatic rings. The summed E-state index contributed by atoms with van der Waals surface area (Å²) >= 11 is 1.22. The molecular formula is C13H10O4S. The Morgan fingerprint density at radius 1 is 1.11 bits per heavy atom. The van der Waals surface area contributed by atoms with E-state index in [9.17, 15) is 9.59 Å². The van der Waals surface area contributed by atoms with Gasteiger partial charge in [0.05, 0.1) is 0 Å². The minimum Gasteiger partial charge on any atom is -0.480 e. The number of rotatable bonds is 4. The molecule has 0 spiro atoms. The predicted molar refractivity (Wildman–Crippen MR) is 66.8 cm³/mol. The van der Waals surface area contributed by atoms with E-state index >= 15 is 0 Å². The lowest BCUT2D eigenvalue weighted by Gasteiger charge is -2.10. The molecule has 92 valence electrons. The van der Waals surface area contributed by atoms with Crippen LogP contribution in [0.5, 0.6) is 5.75 Å². The van der Waals surface area contributed by atoms with E-state index in [4.69, 9.17) is 9.84 Å². The van der Waals surface area contributed by atoms with Crippen LogP contribution in [0.3, 0.4) is 0 Å². The molecule has 1 atom stereocenters. The van der Waals surface area contributed by atoms with Crippen LogP contribution < -0.4 is 4.74 Å². The molecule has 0 amide bonds. The highest BCUT2D eigenvalue weighted by atomic mass is 32.1. The highest BCUT2D eigenvalue weighted by molar-refractivity contribution is 7.10. The maximum atomic E-state index is 11.9. The fraction of sp³-hybridized carbons (Fsp3) is 0.0769. The molecule has 1 heterocycles. The lowest BCUT2D eigenvalue weighted by atomic mass is 10.1. The topological polar surface area (TPSA) is 63.6 Å². The van der Waals surface area contributed by atoms with E-state index in [2.05, 4.69) is 0 Å². The Balaban J connectivity index is 2.18. The van der Waals surface area contributed by atoms with Crippen molar-refractivity contribution in [3.05, 3.63) is 52.7 Å². The van der Waals surface area contributed by atoms with Gasteiger partial charge in [0.2, 0.25) is 0 Å². The summed E-state index contributed by atoms with van der Waals surface area (Å²) in [7, 11) is 0. The number of carbonyl (C=O) groups is 2. The van der Waals surface area contributed by atoms with Crippen LogP contribution in [0.1, 0.15) is 10.8 Å². The zero-order valence-corrected chi connectivity index (χ0v) is 10.1. The normalized spacial score (nSPS) is 11.8. The quantitative estimate of drug-likeness (QED) is 0.522. The third-order valence-corrected chi connectivity index (χ3v) is 3.21. The smallest absolute Gasteiger partial charge is 0.331 e. The van der Waals surface area contributed by atoms with Gasteiger partial charge in [0.15, 0.2) is 5.92 Å². The molecule has 0 aliphatic rings. The van der Waals surface area contributed by atoms with Gasteiger partial charge >= 0.3 is 11.9 Å². The summed E-state index contributed by atoms with van der Waals surface area (Å²) in [6.07, 6.45) is 0. The number of ether oxygens (including phenoxy) is 1. The van der Waals surface area contributed by atoms with E-state index in [1.165, 1.54) is 11.3 Å². The van der Waals surface area contributed by atoms with Crippen molar-refractivity contribution >= 4 is 23.3 Å². The Kier molecular flexibility index (Phi) is 3.74. The van der Waals surface area contributed by atoms with Gasteiger partial charge in [-0.1, -0.05) is 24.3 Å². The molecule has 0 bridgehead atoms. The fourth-order valence-electron chi connectivity index (χ4n) is 1.46. The molecule has 0 saturated carbocycles. The molecule has 0 saturated heterocycles. The third-order valence-electron chi connectivity index (χ3n) is 2.27. The largest absolute Gasteiger partial charge is 0.480 e. The molecule has 0 radical (unpaired) electrons. The van der Waals surface area contributed by atoms with Crippen molar-refractivity contribution in [2.75, 3.05) is 0 Å². The summed E-state index contributed by atoms with van der Waals surface area (Å²) in [6, 6.07) is 11.7. The van der Waals surface area contributed by atoms with Gasteiger partial charge in [-0.2, -0.15) is 0 Å². The second kappa shape index (κ2) is 5.46. The number of esters is 1. The van der Waals surface area contributed by atoms with Crippen molar-refractivity contribution in [3.8, 4) is 5.75 Å². The number of carboxylic acid groups (broad SMARTS) is 1. The first-order chi connectivity index (χ1) is 8.68. The molecular weight excluding hydrogens is 252 g/mol. The first kappa shape index (κ1) is 12.3. The Morgan fingerprint density at radius 3 is 2.39 bits per heavy atom. The van der Waals surface area contributed by atoms with Crippen molar-refractivity contribution in [2.24, 2.45) is 0 Å². The molecule has 2 rings (SSSR count). The Morgan fingerprint density at radius 2 is 1.83 bits per heavy atom. The summed E-state index contributed by atoms with van der Waals surface area (Å²) < 4.78 is 5.05. The molecule has 1 aromatic heterocycles. The van der Waals surface area contributed by atoms with E-state index in [0.717, 1.165) is 0 Å². The third kappa shape index (κ3) is 2.75. The molecule has 1 N–H and O–H groups in total. The second-order valence-corrected chi connectivity index (χ2v) is 4.50. The van der Waals surface area contributed by atoms with Crippen LogP contribution in [0.25, 0.3) is 0 Å². The summed E-state index contributed by atoms with van der Waals surface area (Å²) in [4.78, 5) is 23.5. The molecule has 18 heavy (non-hydrogen) atoms. The van der Waals surface area contributed by atoms with Crippen molar-refractivity contribution in [2.45, 2.75) is 5.92 Å². The number of carbonyl (C=O) groups excluding carboxylic acids is 1. The number of para-hydroxylation sites is 1. The average Bonchev–Trinajstić information content (AvgIpc) is 2.83. The molecule has 1 unspecified atom stereocenters. The second-order valence-electron chi connectivity index (χ2n) is 3.52. The minimum atomic E-state index is -1.27. The molecule has 0 aliphatic heterocycles. The first-order valence-corrected chi connectivity index (χ1v) is 6.09. The summed E-state index contributed by atoms with van der Waals surface area (Å²) in [6.45, 7) is 0. The minimum absolute atomic E-state index is 0.338. The highest BCUT2D eigenvalue weighted by Gasteiger charge is 2.31. The van der Waals surface area contributed by atoms with Gasteiger partial charge in [0.1, 0.15) is 5.75 Å². The van der Waals surface area contributed by atoms with Gasteiger partial charge < -0.3 is 9.84 Å². The van der Waals surface area contributed by atoms with E-state index in [1.807, 2.05) is 0 Å². The van der Waals surface area contributed by atoms with Gasteiger partial charge in [-0.3, -0.25) is 9.59 Å². The molecule has 4 nitrogen and oxygen atoms in total. The first-order valence-electron chi connectivity index (χ1n) is 5.21. The summed E-state index contributed by atoms with van der Waals surface area (Å²) in [5.74, 6) is -2.93. The zero-order chi connectivity index (χ0) is 13.0. The van der Waals surface area contributed by atoms with Crippen molar-refractivity contribution in [1.29, 1.82) is 0 Å². The molecule has 5 heteroatoms. The highest BCUT2D eigenvalue weighted by Crippen LogP contribution is 2.24. The van der Waals surface area contributed by atoms with Crippen LogP contribution in [-0.2, 0) is 9.59 Å². The van der Waals surface area contributed by atoms with Crippen molar-refractivity contribution in [1.82, 2.24) is 0 Å². The van der Waals surface area contributed by atoms with Gasteiger partial charge in [0, 0.05) is 4.88 Å². The SMILES string of the molecule is O=C(O)C(C(=O)Oc1ccccc1)c1cccs1. The van der Waals surface area contributed by atoms with Gasteiger partial charge in [-0.25, -0.2) is 0 Å². The monoisotopic (exact) mass is 262 g/mol. The van der Waals surface area contributed by atoms with Crippen molar-refractivity contribution in [3.63, 3.8) is 0 Å². The number of aliphatic carboxylic acids is 1. The number of benzene rings is 1. The summed E-state index contributed by atoms with van der Waals surface area (Å²) in [5.41, 5.74) is 0. The molecule has 0 fully saturated rings. The van der Waals surface area contributed by atoms with Gasteiger partial charge in [0.25, 0.3) is 0 Å². The Bertz CT molecular complexity index is 533. The lowest BCUT2D eigenvalue weighted by Crippen LogP contribution is -2.25. The maximum absolute atomic E-state index is 11.9. The van der Waals surface area contributed by atoms with E-state index < -0.39 is 17.9 Å². The van der Waals surface area contributed by atoms with Crippen LogP contribution in [0.4, 0.5) is 0 Å². The number of carboxylic acids is 1. The number of hydrogen-bond donors (Lipinski definition) is 1. The predicted octanol–water partition coefficient (Wildman–Crippen LogP) is 2.52. The van der Waals surface area contributed by atoms with Crippen LogP contribution in [0, 0.1) is 0 Å². The number of hydrogen-bond acceptors (Lipinski definition) is 4. The fourth-order valence-corrected chi connectivity index (χ4v) is 2.26. The van der Waals surface area contributed by atoms with Gasteiger partial charge in [-0.05, 0) is 23.6 Å². The standard InChI is InChI=1S/C13H10O4S/c14-12(15)11(10-7-4-8-18-10)13(16)17-9-5-2-1-3-6-9/h1-8,11H,(H,14,15). The summed E-state index contributed by atoms with van der Waals surface area (Å²) in [5, 5.41) is 10.8. The van der Waals surface area contributed by atoms with Crippen LogP contribution in [0.15, 0.2) is 47.8 Å². The van der Waals surface area contributed by atoms with Crippen LogP contribution in [-0.4, -0.2) is 17.0 Å². The van der Waals surface area contributed by atoms with Crippen LogP contribution in [0.2, 0.25) is 0 Å². The molecule has 0 aliphatic carbocycles. The van der Waals surface area contributed by atoms with Gasteiger partial charge in [-0.15, -0.1) is 11.3 Å². The zero-order valence-electron chi connectivity index (χ0n) is 9.28. The average molecular weight is 262 g/mol. The Labute approximate surface area is 107 Å². The Hall–Kier alpha value is -2.14.